The first-order valence-corrected chi connectivity index (χ1v) is 11.8. The van der Waals surface area contributed by atoms with Gasteiger partial charge in [0.2, 0.25) is 11.5 Å². The Morgan fingerprint density at radius 3 is 2.41 bits per heavy atom. The number of aromatic nitrogens is 2. The van der Waals surface area contributed by atoms with E-state index >= 15 is 0 Å². The molecule has 0 unspecified atom stereocenters. The largest absolute Gasteiger partial charge is 0.493 e. The van der Waals surface area contributed by atoms with Crippen LogP contribution in [0.3, 0.4) is 0 Å². The number of para-hydroxylation sites is 1. The highest BCUT2D eigenvalue weighted by atomic mass is 16.5. The number of nitrogens with zero attached hydrogens (tertiary/aromatic N) is 1. The van der Waals surface area contributed by atoms with Crippen LogP contribution in [0.4, 0.5) is 0 Å². The number of aromatic amines is 1. The fourth-order valence-corrected chi connectivity index (χ4v) is 4.68. The molecule has 5 rings (SSSR count). The number of ketones is 1. The lowest BCUT2D eigenvalue weighted by atomic mass is 10.0. The summed E-state index contributed by atoms with van der Waals surface area (Å²) in [5, 5.41) is 0.701. The molecule has 0 bridgehead atoms. The van der Waals surface area contributed by atoms with Crippen LogP contribution in [-0.2, 0) is 11.2 Å². The molecule has 0 aliphatic heterocycles. The van der Waals surface area contributed by atoms with Crippen LogP contribution in [0, 0.1) is 0 Å². The van der Waals surface area contributed by atoms with Gasteiger partial charge in [-0.3, -0.25) is 4.79 Å². The third-order valence-corrected chi connectivity index (χ3v) is 6.41. The number of methoxy groups -OCH3 is 3. The van der Waals surface area contributed by atoms with Crippen molar-refractivity contribution in [2.24, 2.45) is 0 Å². The Bertz CT molecular complexity index is 1500. The van der Waals surface area contributed by atoms with Crippen LogP contribution in [0.2, 0.25) is 0 Å². The third kappa shape index (κ3) is 4.53. The number of hydrogen-bond acceptors (Lipinski definition) is 7. The molecule has 37 heavy (non-hydrogen) atoms. The van der Waals surface area contributed by atoms with E-state index in [1.54, 1.807) is 39.7 Å². The van der Waals surface area contributed by atoms with Crippen molar-refractivity contribution < 1.29 is 28.5 Å². The maximum Gasteiger partial charge on any atom is 0.339 e. The van der Waals surface area contributed by atoms with Gasteiger partial charge in [0, 0.05) is 11.6 Å². The second-order valence-electron chi connectivity index (χ2n) is 8.54. The number of hydrogen-bond donors (Lipinski definition) is 1. The number of esters is 1. The molecular formula is C29H26N2O6. The van der Waals surface area contributed by atoms with Crippen molar-refractivity contribution in [2.45, 2.75) is 12.8 Å². The molecule has 0 amide bonds. The van der Waals surface area contributed by atoms with Gasteiger partial charge in [-0.2, -0.15) is 0 Å². The predicted octanol–water partition coefficient (Wildman–Crippen LogP) is 5.12. The molecule has 1 aliphatic carbocycles. The van der Waals surface area contributed by atoms with Crippen LogP contribution in [-0.4, -0.2) is 49.7 Å². The number of H-pyrrole nitrogens is 1. The zero-order valence-corrected chi connectivity index (χ0v) is 20.8. The first-order valence-electron chi connectivity index (χ1n) is 11.8. The molecule has 4 aromatic rings. The molecule has 1 N–H and O–H groups in total. The van der Waals surface area contributed by atoms with Crippen LogP contribution in [0.5, 0.6) is 17.2 Å². The Labute approximate surface area is 213 Å². The number of carbonyl (C=O) groups is 2. The highest BCUT2D eigenvalue weighted by Crippen LogP contribution is 2.41. The van der Waals surface area contributed by atoms with E-state index in [0.717, 1.165) is 22.4 Å². The number of fused-ring (bicyclic) bond motifs is 2. The van der Waals surface area contributed by atoms with Crippen LogP contribution < -0.4 is 14.2 Å². The zero-order valence-electron chi connectivity index (χ0n) is 20.8. The lowest BCUT2D eigenvalue weighted by Gasteiger charge is -2.14. The molecule has 0 saturated carbocycles. The number of rotatable bonds is 8. The Hall–Kier alpha value is -4.59. The summed E-state index contributed by atoms with van der Waals surface area (Å²) < 4.78 is 21.9. The second-order valence-corrected chi connectivity index (χ2v) is 8.54. The Balaban J connectivity index is 1.54. The van der Waals surface area contributed by atoms with Crippen molar-refractivity contribution in [3.05, 3.63) is 82.8 Å². The summed E-state index contributed by atoms with van der Waals surface area (Å²) in [4.78, 5) is 33.4. The smallest absolute Gasteiger partial charge is 0.339 e. The minimum absolute atomic E-state index is 0.295. The van der Waals surface area contributed by atoms with E-state index < -0.39 is 5.97 Å². The number of pyridine rings is 1. The summed E-state index contributed by atoms with van der Waals surface area (Å²) in [5.41, 5.74) is 4.92. The van der Waals surface area contributed by atoms with Gasteiger partial charge < -0.3 is 23.9 Å². The number of nitrogens with one attached hydrogen (secondary N) is 1. The van der Waals surface area contributed by atoms with E-state index in [0.29, 0.717) is 52.3 Å². The highest BCUT2D eigenvalue weighted by molar-refractivity contribution is 6.08. The quantitative estimate of drug-likeness (QED) is 0.266. The van der Waals surface area contributed by atoms with E-state index in [4.69, 9.17) is 23.9 Å². The second kappa shape index (κ2) is 10.2. The lowest BCUT2D eigenvalue weighted by molar-refractivity contribution is 0.0474. The summed E-state index contributed by atoms with van der Waals surface area (Å²) in [6.45, 7) is -0.348. The molecule has 8 heteroatoms. The molecule has 2 heterocycles. The van der Waals surface area contributed by atoms with Crippen LogP contribution in [0.1, 0.15) is 44.1 Å². The fourth-order valence-electron chi connectivity index (χ4n) is 4.68. The first kappa shape index (κ1) is 24.1. The Morgan fingerprint density at radius 1 is 0.973 bits per heavy atom. The lowest BCUT2D eigenvalue weighted by Crippen LogP contribution is -2.16. The van der Waals surface area contributed by atoms with Gasteiger partial charge in [-0.15, -0.1) is 0 Å². The molecule has 2 aromatic heterocycles. The normalized spacial score (nSPS) is 13.4. The monoisotopic (exact) mass is 498 g/mol. The summed E-state index contributed by atoms with van der Waals surface area (Å²) >= 11 is 0. The highest BCUT2D eigenvalue weighted by Gasteiger charge is 2.28. The standard InChI is InChI=1S/C29H26N2O6/c1-34-24-14-17(15-25(35-2)28(24)36-3)13-18-10-11-20-26(19-7-4-5-8-21(19)31-27(18)20)29(33)37-16-23(32)22-9-6-12-30-22/h4-9,12-15,30H,10-11,16H2,1-3H3/b18-13+. The van der Waals surface area contributed by atoms with E-state index in [1.807, 2.05) is 42.5 Å². The van der Waals surface area contributed by atoms with Crippen molar-refractivity contribution in [1.82, 2.24) is 9.97 Å². The van der Waals surface area contributed by atoms with Gasteiger partial charge in [-0.05, 0) is 65.9 Å². The third-order valence-electron chi connectivity index (χ3n) is 6.41. The van der Waals surface area contributed by atoms with Crippen molar-refractivity contribution >= 4 is 34.3 Å². The average molecular weight is 499 g/mol. The maximum atomic E-state index is 13.3. The van der Waals surface area contributed by atoms with Gasteiger partial charge in [-0.25, -0.2) is 9.78 Å². The minimum Gasteiger partial charge on any atom is -0.493 e. The van der Waals surface area contributed by atoms with Crippen molar-refractivity contribution in [3.63, 3.8) is 0 Å². The Kier molecular flexibility index (Phi) is 6.64. The Morgan fingerprint density at radius 2 is 1.73 bits per heavy atom. The molecule has 188 valence electrons. The number of allylic oxidation sites excluding steroid dienone is 1. The molecule has 8 nitrogen and oxygen atoms in total. The van der Waals surface area contributed by atoms with Crippen LogP contribution in [0.25, 0.3) is 22.6 Å². The molecule has 0 fully saturated rings. The maximum absolute atomic E-state index is 13.3. The molecule has 0 saturated heterocycles. The average Bonchev–Trinajstić information content (AvgIpc) is 3.60. The molecule has 2 aromatic carbocycles. The van der Waals surface area contributed by atoms with Crippen molar-refractivity contribution in [1.29, 1.82) is 0 Å². The molecule has 1 aliphatic rings. The van der Waals surface area contributed by atoms with Crippen LogP contribution in [0.15, 0.2) is 54.7 Å². The summed E-state index contributed by atoms with van der Waals surface area (Å²) in [6.07, 6.45) is 4.98. The molecule has 0 spiro atoms. The number of benzene rings is 2. The summed E-state index contributed by atoms with van der Waals surface area (Å²) in [6, 6.07) is 14.6. The zero-order chi connectivity index (χ0) is 25.9. The van der Waals surface area contributed by atoms with Crippen LogP contribution >= 0.6 is 0 Å². The van der Waals surface area contributed by atoms with E-state index in [9.17, 15) is 9.59 Å². The number of carbonyl (C=O) groups excluding carboxylic acids is 2. The van der Waals surface area contributed by atoms with E-state index in [2.05, 4.69) is 4.98 Å². The molecule has 0 radical (unpaired) electrons. The van der Waals surface area contributed by atoms with Gasteiger partial charge in [0.1, 0.15) is 0 Å². The minimum atomic E-state index is -0.538. The molecule has 0 atom stereocenters. The number of ether oxygens (including phenoxy) is 4. The first-order chi connectivity index (χ1) is 18.0. The van der Waals surface area contributed by atoms with E-state index in [1.165, 1.54) is 0 Å². The van der Waals surface area contributed by atoms with Gasteiger partial charge in [0.25, 0.3) is 0 Å². The topological polar surface area (TPSA) is 99.7 Å². The predicted molar refractivity (Wildman–Crippen MR) is 139 cm³/mol. The number of Topliss-reactive ketones (excluding diaryl/α,β-unsaturated/α-hetero) is 1. The fraction of sp³-hybridized carbons (Fsp3) is 0.207. The summed E-state index contributed by atoms with van der Waals surface area (Å²) in [5.74, 6) is 0.783. The van der Waals surface area contributed by atoms with Gasteiger partial charge in [-0.1, -0.05) is 18.2 Å². The van der Waals surface area contributed by atoms with Gasteiger partial charge in [0.05, 0.1) is 43.8 Å². The van der Waals surface area contributed by atoms with Crippen molar-refractivity contribution in [3.8, 4) is 17.2 Å². The summed E-state index contributed by atoms with van der Waals surface area (Å²) in [7, 11) is 4.71. The van der Waals surface area contributed by atoms with Gasteiger partial charge in [0.15, 0.2) is 18.1 Å². The van der Waals surface area contributed by atoms with E-state index in [-0.39, 0.29) is 12.4 Å². The van der Waals surface area contributed by atoms with Gasteiger partial charge >= 0.3 is 5.97 Å². The SMILES string of the molecule is COc1cc(/C=C2\CCc3c2nc2ccccc2c3C(=O)OCC(=O)c2ccc[nH]2)cc(OC)c1OC. The van der Waals surface area contributed by atoms with Crippen molar-refractivity contribution in [2.75, 3.05) is 27.9 Å². The molecular weight excluding hydrogens is 472 g/mol.